The van der Waals surface area contributed by atoms with Gasteiger partial charge in [0.15, 0.2) is 35.2 Å². The van der Waals surface area contributed by atoms with Gasteiger partial charge >= 0.3 is 5.97 Å². The van der Waals surface area contributed by atoms with Crippen LogP contribution in [0.3, 0.4) is 0 Å². The zero-order valence-corrected chi connectivity index (χ0v) is 34.9. The number of benzene rings is 2. The van der Waals surface area contributed by atoms with Crippen molar-refractivity contribution >= 4 is 23.7 Å². The monoisotopic (exact) mass is 970 g/mol. The summed E-state index contributed by atoms with van der Waals surface area (Å²) in [6.45, 7) is -0.964. The largest absolute Gasteiger partial charge is 0.503 e. The van der Waals surface area contributed by atoms with Crippen molar-refractivity contribution in [2.75, 3.05) is 7.11 Å². The summed E-state index contributed by atoms with van der Waals surface area (Å²) in [5, 5.41) is 21.6. The van der Waals surface area contributed by atoms with E-state index in [1.165, 1.54) is 9.47 Å². The van der Waals surface area contributed by atoms with E-state index in [-0.39, 0.29) is 49.5 Å². The molecule has 5 N–H and O–H groups in total. The van der Waals surface area contributed by atoms with E-state index >= 15 is 0 Å². The Bertz CT molecular complexity index is 2870. The van der Waals surface area contributed by atoms with Crippen LogP contribution in [0, 0.1) is 46.7 Å². The number of piperidine rings is 2. The lowest BCUT2D eigenvalue weighted by atomic mass is 9.93. The van der Waals surface area contributed by atoms with Crippen molar-refractivity contribution in [3.63, 3.8) is 0 Å². The molecule has 6 aliphatic rings. The molecule has 10 rings (SSSR count). The van der Waals surface area contributed by atoms with Gasteiger partial charge in [0.1, 0.15) is 58.4 Å². The van der Waals surface area contributed by atoms with Crippen LogP contribution in [-0.4, -0.2) is 109 Å². The highest BCUT2D eigenvalue weighted by molar-refractivity contribution is 6.00. The number of halogens is 10. The van der Waals surface area contributed by atoms with Crippen LogP contribution in [0.15, 0.2) is 46.2 Å². The first-order valence-electron chi connectivity index (χ1n) is 20.6. The van der Waals surface area contributed by atoms with E-state index in [0.29, 0.717) is 24.3 Å². The van der Waals surface area contributed by atoms with Gasteiger partial charge in [0.2, 0.25) is 10.9 Å². The van der Waals surface area contributed by atoms with E-state index in [9.17, 15) is 77.8 Å². The van der Waals surface area contributed by atoms with Crippen LogP contribution in [0.1, 0.15) is 65.7 Å². The highest BCUT2D eigenvalue weighted by Gasteiger charge is 2.63. The van der Waals surface area contributed by atoms with E-state index < -0.39 is 165 Å². The summed E-state index contributed by atoms with van der Waals surface area (Å²) in [6.07, 6.45) is -4.57. The lowest BCUT2D eigenvalue weighted by Gasteiger charge is -2.42. The number of methoxy groups -OCH3 is 1. The average Bonchev–Trinajstić information content (AvgIpc) is 4.00. The van der Waals surface area contributed by atoms with Gasteiger partial charge < -0.3 is 44.9 Å². The molecule has 362 valence electrons. The Kier molecular flexibility index (Phi) is 12.3. The molecule has 2 aliphatic carbocycles. The van der Waals surface area contributed by atoms with Gasteiger partial charge in [-0.1, -0.05) is 0 Å². The second-order valence-electron chi connectivity index (χ2n) is 16.8. The first-order chi connectivity index (χ1) is 32.1. The molecule has 4 aromatic rings. The van der Waals surface area contributed by atoms with Crippen LogP contribution in [0.5, 0.6) is 11.5 Å². The summed E-state index contributed by atoms with van der Waals surface area (Å²) >= 11 is 0. The summed E-state index contributed by atoms with van der Waals surface area (Å²) in [6, 6.07) is -1.04. The number of hydrogen-bond acceptors (Lipinski definition) is 9. The number of fused-ring (bicyclic) bond motifs is 12. The quantitative estimate of drug-likeness (QED) is 0.206. The van der Waals surface area contributed by atoms with Gasteiger partial charge in [-0.2, -0.15) is 0 Å². The van der Waals surface area contributed by atoms with Crippen molar-refractivity contribution in [1.82, 2.24) is 24.3 Å². The predicted octanol–water partition coefficient (Wildman–Crippen LogP) is 3.82. The first-order valence-corrected chi connectivity index (χ1v) is 20.6. The number of hydrogen-bond donors (Lipinski definition) is 4. The fraction of sp³-hybridized carbons (Fsp3) is 0.395. The molecule has 2 saturated carbocycles. The highest BCUT2D eigenvalue weighted by Crippen LogP contribution is 2.50. The first kappa shape index (κ1) is 47.6. The third kappa shape index (κ3) is 7.59. The fourth-order valence-corrected chi connectivity index (χ4v) is 10.1. The van der Waals surface area contributed by atoms with Gasteiger partial charge in [-0.05, 0) is 12.8 Å². The molecule has 2 aromatic heterocycles. The minimum Gasteiger partial charge on any atom is -0.503 e. The number of amides is 3. The number of carbonyl (C=O) groups excluding carboxylic acids is 3. The van der Waals surface area contributed by atoms with Crippen molar-refractivity contribution in [3.8, 4) is 11.5 Å². The molecule has 15 nitrogen and oxygen atoms in total. The van der Waals surface area contributed by atoms with Crippen molar-refractivity contribution in [2.24, 2.45) is 17.6 Å². The molecule has 2 saturated heterocycles. The van der Waals surface area contributed by atoms with Gasteiger partial charge in [-0.3, -0.25) is 24.0 Å². The number of nitrogens with one attached hydrogen (secondary N) is 1. The second-order valence-corrected chi connectivity index (χ2v) is 16.8. The topological polar surface area (TPSA) is 206 Å². The number of rotatable bonds is 6. The summed E-state index contributed by atoms with van der Waals surface area (Å²) in [4.78, 5) is 76.7. The highest BCUT2D eigenvalue weighted by atomic mass is 19.2. The number of aromatic hydroxyl groups is 1. The minimum absolute atomic E-state index is 0.0787. The third-order valence-corrected chi connectivity index (χ3v) is 13.3. The molecule has 4 aliphatic heterocycles. The number of carbonyl (C=O) groups is 4. The Morgan fingerprint density at radius 2 is 1.12 bits per heavy atom. The molecular weight excluding hydrogens is 934 g/mol. The standard InChI is InChI=1S/C21H16F5N3O4.C15H14F2N2O5.C7H6F3N/c22-7-1-11(23)9(12(24)2-7)4-27-20(32)10-5-28-6-14-8-3-13(16(26)15(8)25)29(14)21(33)17(28)19(31)18(10)30;1-24-13-11-14(21)19-7-2-5(9(16)10(7)17)8(19)4-18(11)3-6(12(13)20)15(22)23;8-4-1-6(9)5(3-11)7(10)2-4/h1-2,5,8,13-16,31H,3-4,6H2,(H,27,32);3,5,7-10H,2,4H2,1H3,(H,22,23);1-2H,3,11H2/t8-,13-,14+,15?,16?;5-,7-,8+,9?,10?;/m11./s1. The Hall–Kier alpha value is -6.92. The van der Waals surface area contributed by atoms with Crippen molar-refractivity contribution in [2.45, 2.75) is 87.9 Å². The van der Waals surface area contributed by atoms with Gasteiger partial charge in [-0.25, -0.2) is 48.7 Å². The Balaban J connectivity index is 0.000000155. The SMILES string of the molecule is COc1c2n(cc(C(=O)O)c1=O)C[C@H]1[C@H]3C[C@H](C(F)C3F)N1C2=O.NCc1c(F)cc(F)cc1F.O=C(NCc1c(F)cc(F)cc1F)c1cn2c(c(O)c1=O)C(=O)N1[C@@H]3C[C@@H](C(F)C3F)[C@@H]1C2. The number of pyridine rings is 2. The Labute approximate surface area is 375 Å². The summed E-state index contributed by atoms with van der Waals surface area (Å²) in [7, 11) is 1.16. The van der Waals surface area contributed by atoms with E-state index in [2.05, 4.69) is 5.32 Å². The Morgan fingerprint density at radius 1 is 0.676 bits per heavy atom. The maximum absolute atomic E-state index is 14.2. The zero-order chi connectivity index (χ0) is 49.5. The molecule has 10 atom stereocenters. The normalized spacial score (nSPS) is 26.8. The van der Waals surface area contributed by atoms with E-state index in [4.69, 9.17) is 15.6 Å². The van der Waals surface area contributed by atoms with Crippen molar-refractivity contribution in [3.05, 3.63) is 126 Å². The van der Waals surface area contributed by atoms with E-state index in [1.807, 2.05) is 0 Å². The smallest absolute Gasteiger partial charge is 0.341 e. The number of carboxylic acid groups (broad SMARTS) is 1. The van der Waals surface area contributed by atoms with Crippen molar-refractivity contribution in [1.29, 1.82) is 0 Å². The van der Waals surface area contributed by atoms with E-state index in [0.717, 1.165) is 29.0 Å². The van der Waals surface area contributed by atoms with Gasteiger partial charge in [0.05, 0.1) is 31.3 Å². The molecule has 4 bridgehead atoms. The van der Waals surface area contributed by atoms with Crippen LogP contribution < -0.4 is 26.6 Å². The molecule has 0 spiro atoms. The predicted molar refractivity (Wildman–Crippen MR) is 212 cm³/mol. The zero-order valence-electron chi connectivity index (χ0n) is 34.9. The molecule has 3 amide bonds. The fourth-order valence-electron chi connectivity index (χ4n) is 10.1. The van der Waals surface area contributed by atoms with Crippen LogP contribution in [-0.2, 0) is 26.2 Å². The van der Waals surface area contributed by atoms with Crippen LogP contribution in [0.2, 0.25) is 0 Å². The van der Waals surface area contributed by atoms with Gasteiger partial charge in [0, 0.05) is 85.8 Å². The molecule has 4 unspecified atom stereocenters. The molecule has 0 radical (unpaired) electrons. The molecule has 4 fully saturated rings. The van der Waals surface area contributed by atoms with Gasteiger partial charge in [0.25, 0.3) is 17.7 Å². The number of carboxylic acids is 1. The van der Waals surface area contributed by atoms with Crippen LogP contribution >= 0.6 is 0 Å². The lowest BCUT2D eigenvalue weighted by Crippen LogP contribution is -2.58. The van der Waals surface area contributed by atoms with E-state index in [1.54, 1.807) is 0 Å². The summed E-state index contributed by atoms with van der Waals surface area (Å²) in [5.74, 6) is -13.3. The van der Waals surface area contributed by atoms with Crippen molar-refractivity contribution < 1.29 is 78.0 Å². The number of alkyl halides is 4. The third-order valence-electron chi connectivity index (χ3n) is 13.3. The number of nitrogens with two attached hydrogens (primary N) is 1. The molecule has 6 heterocycles. The minimum atomic E-state index is -1.85. The summed E-state index contributed by atoms with van der Waals surface area (Å²) in [5.41, 5.74) is 0.240. The number of aromatic nitrogens is 2. The number of ether oxygens (including phenoxy) is 1. The number of aromatic carboxylic acids is 1. The second kappa shape index (κ2) is 17.6. The molecule has 2 aromatic carbocycles. The molecule has 25 heteroatoms. The molecular formula is C43H36F10N6O9. The number of nitrogens with zero attached hydrogens (tertiary/aromatic N) is 4. The van der Waals surface area contributed by atoms with Crippen LogP contribution in [0.25, 0.3) is 0 Å². The average molecular weight is 971 g/mol. The lowest BCUT2D eigenvalue weighted by molar-refractivity contribution is 0.00107. The molecule has 68 heavy (non-hydrogen) atoms. The van der Waals surface area contributed by atoms with Gasteiger partial charge in [-0.15, -0.1) is 0 Å². The maximum Gasteiger partial charge on any atom is 0.341 e. The Morgan fingerprint density at radius 3 is 1.57 bits per heavy atom. The van der Waals surface area contributed by atoms with Crippen LogP contribution in [0.4, 0.5) is 43.9 Å². The summed E-state index contributed by atoms with van der Waals surface area (Å²) < 4.78 is 142. The maximum atomic E-state index is 14.2.